The zero-order valence-corrected chi connectivity index (χ0v) is 12.1. The minimum atomic E-state index is -0.393. The summed E-state index contributed by atoms with van der Waals surface area (Å²) in [6, 6.07) is 9.20. The van der Waals surface area contributed by atoms with Crippen LogP contribution in [0.3, 0.4) is 0 Å². The second kappa shape index (κ2) is 5.20. The molecular formula is C14H12BrN3O2. The lowest BCUT2D eigenvalue weighted by atomic mass is 10.2. The standard InChI is InChI=1S/C14H12BrN3O2/c15-11-5-4-10(8-13(11)18(19)20)17-12-6-3-9-2-1-7-16-14(9)12/h1-2,4-5,7-8,12,17H,3,6H2. The van der Waals surface area contributed by atoms with Crippen molar-refractivity contribution in [2.75, 3.05) is 5.32 Å². The maximum absolute atomic E-state index is 10.9. The monoisotopic (exact) mass is 333 g/mol. The van der Waals surface area contributed by atoms with Gasteiger partial charge in [0.05, 0.1) is 21.1 Å². The number of hydrogen-bond acceptors (Lipinski definition) is 4. The Morgan fingerprint density at radius 2 is 2.25 bits per heavy atom. The molecule has 0 radical (unpaired) electrons. The second-order valence-corrected chi connectivity index (χ2v) is 5.56. The fourth-order valence-electron chi connectivity index (χ4n) is 2.50. The van der Waals surface area contributed by atoms with Gasteiger partial charge in [-0.05, 0) is 52.5 Å². The third-order valence-electron chi connectivity index (χ3n) is 3.44. The number of nitrogens with one attached hydrogen (secondary N) is 1. The number of benzene rings is 1. The van der Waals surface area contributed by atoms with Crippen molar-refractivity contribution < 1.29 is 4.92 Å². The Bertz CT molecular complexity index is 675. The van der Waals surface area contributed by atoms with Gasteiger partial charge in [-0.25, -0.2) is 0 Å². The van der Waals surface area contributed by atoms with E-state index in [0.29, 0.717) is 4.47 Å². The largest absolute Gasteiger partial charge is 0.376 e. The average molecular weight is 334 g/mol. The highest BCUT2D eigenvalue weighted by Crippen LogP contribution is 2.34. The van der Waals surface area contributed by atoms with E-state index in [1.54, 1.807) is 18.3 Å². The molecule has 0 saturated carbocycles. The molecule has 0 amide bonds. The SMILES string of the molecule is O=[N+]([O-])c1cc(NC2CCc3cccnc32)ccc1Br. The molecule has 3 rings (SSSR count). The highest BCUT2D eigenvalue weighted by atomic mass is 79.9. The Morgan fingerprint density at radius 1 is 1.40 bits per heavy atom. The van der Waals surface area contributed by atoms with Gasteiger partial charge in [-0.15, -0.1) is 0 Å². The van der Waals surface area contributed by atoms with Crippen LogP contribution >= 0.6 is 15.9 Å². The van der Waals surface area contributed by atoms with Gasteiger partial charge < -0.3 is 5.32 Å². The van der Waals surface area contributed by atoms with E-state index in [-0.39, 0.29) is 11.7 Å². The van der Waals surface area contributed by atoms with E-state index in [9.17, 15) is 10.1 Å². The van der Waals surface area contributed by atoms with Gasteiger partial charge >= 0.3 is 0 Å². The topological polar surface area (TPSA) is 68.1 Å². The van der Waals surface area contributed by atoms with Gasteiger partial charge in [-0.3, -0.25) is 15.1 Å². The van der Waals surface area contributed by atoms with Crippen LogP contribution in [0.2, 0.25) is 0 Å². The smallest absolute Gasteiger partial charge is 0.285 e. The molecule has 102 valence electrons. The third-order valence-corrected chi connectivity index (χ3v) is 4.11. The van der Waals surface area contributed by atoms with E-state index in [1.165, 1.54) is 5.56 Å². The lowest BCUT2D eigenvalue weighted by Crippen LogP contribution is -2.08. The summed E-state index contributed by atoms with van der Waals surface area (Å²) in [6.45, 7) is 0. The number of aromatic nitrogens is 1. The number of nitrogens with zero attached hydrogens (tertiary/aromatic N) is 2. The number of halogens is 1. The molecule has 20 heavy (non-hydrogen) atoms. The molecule has 1 N–H and O–H groups in total. The van der Waals surface area contributed by atoms with Crippen LogP contribution < -0.4 is 5.32 Å². The van der Waals surface area contributed by atoms with E-state index >= 15 is 0 Å². The van der Waals surface area contributed by atoms with Gasteiger partial charge in [0.15, 0.2) is 0 Å². The Kier molecular flexibility index (Phi) is 3.40. The Morgan fingerprint density at radius 3 is 3.05 bits per heavy atom. The highest BCUT2D eigenvalue weighted by molar-refractivity contribution is 9.10. The fourth-order valence-corrected chi connectivity index (χ4v) is 2.89. The summed E-state index contributed by atoms with van der Waals surface area (Å²) < 4.78 is 0.484. The third kappa shape index (κ3) is 2.38. The van der Waals surface area contributed by atoms with Crippen molar-refractivity contribution in [3.05, 3.63) is 62.4 Å². The van der Waals surface area contributed by atoms with Crippen LogP contribution in [0.5, 0.6) is 0 Å². The molecule has 0 spiro atoms. The van der Waals surface area contributed by atoms with Gasteiger partial charge in [0, 0.05) is 18.0 Å². The van der Waals surface area contributed by atoms with Gasteiger partial charge in [0.25, 0.3) is 5.69 Å². The number of fused-ring (bicyclic) bond motifs is 1. The zero-order valence-electron chi connectivity index (χ0n) is 10.5. The summed E-state index contributed by atoms with van der Waals surface area (Å²) in [7, 11) is 0. The molecule has 1 unspecified atom stereocenters. The summed E-state index contributed by atoms with van der Waals surface area (Å²) in [4.78, 5) is 15.0. The normalized spacial score (nSPS) is 16.8. The number of anilines is 1. The van der Waals surface area contributed by atoms with Gasteiger partial charge in [0.1, 0.15) is 0 Å². The Hall–Kier alpha value is -1.95. The zero-order chi connectivity index (χ0) is 14.1. The summed E-state index contributed by atoms with van der Waals surface area (Å²) >= 11 is 3.19. The molecule has 1 aliphatic rings. The molecule has 6 heteroatoms. The number of nitro benzene ring substituents is 1. The fraction of sp³-hybridized carbons (Fsp3) is 0.214. The van der Waals surface area contributed by atoms with Gasteiger partial charge in [0.2, 0.25) is 0 Å². The molecule has 1 aliphatic carbocycles. The van der Waals surface area contributed by atoms with Crippen molar-refractivity contribution >= 4 is 27.3 Å². The quantitative estimate of drug-likeness (QED) is 0.684. The highest BCUT2D eigenvalue weighted by Gasteiger charge is 2.24. The van der Waals surface area contributed by atoms with Gasteiger partial charge in [-0.1, -0.05) is 6.07 Å². The summed E-state index contributed by atoms with van der Waals surface area (Å²) in [5.74, 6) is 0. The minimum Gasteiger partial charge on any atom is -0.376 e. The predicted octanol–water partition coefficient (Wildman–Crippen LogP) is 3.85. The molecule has 0 fully saturated rings. The first kappa shape index (κ1) is 13.1. The first-order chi connectivity index (χ1) is 9.65. The van der Waals surface area contributed by atoms with Crippen molar-refractivity contribution in [2.24, 2.45) is 0 Å². The van der Waals surface area contributed by atoms with Crippen LogP contribution in [0.15, 0.2) is 41.0 Å². The van der Waals surface area contributed by atoms with E-state index < -0.39 is 4.92 Å². The van der Waals surface area contributed by atoms with E-state index in [2.05, 4.69) is 32.3 Å². The summed E-state index contributed by atoms with van der Waals surface area (Å²) in [6.07, 6.45) is 3.72. The lowest BCUT2D eigenvalue weighted by Gasteiger charge is -2.14. The van der Waals surface area contributed by atoms with E-state index in [4.69, 9.17) is 0 Å². The number of pyridine rings is 1. The molecule has 0 bridgehead atoms. The molecule has 2 aromatic rings. The minimum absolute atomic E-state index is 0.0641. The molecule has 1 aromatic carbocycles. The number of rotatable bonds is 3. The van der Waals surface area contributed by atoms with Crippen molar-refractivity contribution in [2.45, 2.75) is 18.9 Å². The maximum Gasteiger partial charge on any atom is 0.285 e. The summed E-state index contributed by atoms with van der Waals surface area (Å²) in [5.41, 5.74) is 3.09. The van der Waals surface area contributed by atoms with E-state index in [0.717, 1.165) is 24.2 Å². The molecule has 5 nitrogen and oxygen atoms in total. The van der Waals surface area contributed by atoms with Crippen LogP contribution in [-0.4, -0.2) is 9.91 Å². The van der Waals surface area contributed by atoms with Crippen LogP contribution in [-0.2, 0) is 6.42 Å². The maximum atomic E-state index is 10.9. The molecular weight excluding hydrogens is 322 g/mol. The molecule has 0 aliphatic heterocycles. The second-order valence-electron chi connectivity index (χ2n) is 4.71. The van der Waals surface area contributed by atoms with Crippen molar-refractivity contribution in [3.63, 3.8) is 0 Å². The first-order valence-corrected chi connectivity index (χ1v) is 7.09. The Labute approximate surface area is 124 Å². The van der Waals surface area contributed by atoms with Crippen LogP contribution in [0.1, 0.15) is 23.7 Å². The Balaban J connectivity index is 1.86. The molecule has 0 saturated heterocycles. The predicted molar refractivity (Wildman–Crippen MR) is 79.7 cm³/mol. The van der Waals surface area contributed by atoms with Crippen LogP contribution in [0.4, 0.5) is 11.4 Å². The molecule has 1 heterocycles. The van der Waals surface area contributed by atoms with E-state index in [1.807, 2.05) is 12.1 Å². The summed E-state index contributed by atoms with van der Waals surface area (Å²) in [5, 5.41) is 14.3. The van der Waals surface area contributed by atoms with Crippen molar-refractivity contribution in [1.82, 2.24) is 4.98 Å². The lowest BCUT2D eigenvalue weighted by molar-refractivity contribution is -0.385. The number of nitro groups is 1. The molecule has 1 atom stereocenters. The average Bonchev–Trinajstić information content (AvgIpc) is 2.84. The van der Waals surface area contributed by atoms with Crippen molar-refractivity contribution in [1.29, 1.82) is 0 Å². The number of aryl methyl sites for hydroxylation is 1. The van der Waals surface area contributed by atoms with Crippen LogP contribution in [0.25, 0.3) is 0 Å². The number of hydrogen-bond donors (Lipinski definition) is 1. The van der Waals surface area contributed by atoms with Gasteiger partial charge in [-0.2, -0.15) is 0 Å². The van der Waals surface area contributed by atoms with Crippen molar-refractivity contribution in [3.8, 4) is 0 Å². The molecule has 1 aromatic heterocycles. The first-order valence-electron chi connectivity index (χ1n) is 6.29. The van der Waals surface area contributed by atoms with Crippen LogP contribution in [0, 0.1) is 10.1 Å².